The molecule has 3 amide bonds. The molecule has 0 bridgehead atoms. The van der Waals surface area contributed by atoms with Crippen molar-refractivity contribution in [3.63, 3.8) is 0 Å². The lowest BCUT2D eigenvalue weighted by Crippen LogP contribution is -2.52. The third-order valence-corrected chi connectivity index (χ3v) is 14.0. The molecule has 318 valence electrons. The molecule has 5 aliphatic rings. The van der Waals surface area contributed by atoms with Crippen molar-refractivity contribution in [3.8, 4) is 6.01 Å². The van der Waals surface area contributed by atoms with Gasteiger partial charge in [-0.15, -0.1) is 0 Å². The minimum atomic E-state index is -1.35. The van der Waals surface area contributed by atoms with Gasteiger partial charge in [0.1, 0.15) is 11.7 Å². The summed E-state index contributed by atoms with van der Waals surface area (Å²) in [6.07, 6.45) is 13.2. The predicted octanol–water partition coefficient (Wildman–Crippen LogP) is 6.73. The van der Waals surface area contributed by atoms with Crippen LogP contribution in [-0.2, 0) is 22.6 Å². The number of imide groups is 1. The molecule has 3 saturated heterocycles. The van der Waals surface area contributed by atoms with Gasteiger partial charge in [0.15, 0.2) is 0 Å². The lowest BCUT2D eigenvalue weighted by molar-refractivity contribution is -0.136. The van der Waals surface area contributed by atoms with Crippen molar-refractivity contribution in [1.82, 2.24) is 35.0 Å². The Bertz CT molecular complexity index is 2220. The van der Waals surface area contributed by atoms with Crippen molar-refractivity contribution < 1.29 is 23.5 Å². The second kappa shape index (κ2) is 16.5. The van der Waals surface area contributed by atoms with Gasteiger partial charge in [-0.25, -0.2) is 14.4 Å². The summed E-state index contributed by atoms with van der Waals surface area (Å²) in [7, 11) is 0. The molecule has 2 aromatic carbocycles. The average molecular weight is 819 g/mol. The molecule has 13 heteroatoms. The molecular weight excluding hydrogens is 760 g/mol. The van der Waals surface area contributed by atoms with Crippen molar-refractivity contribution in [1.29, 1.82) is 0 Å². The first-order valence-corrected chi connectivity index (χ1v) is 22.2. The monoisotopic (exact) mass is 818 g/mol. The van der Waals surface area contributed by atoms with E-state index in [4.69, 9.17) is 4.74 Å². The summed E-state index contributed by atoms with van der Waals surface area (Å²) in [6.45, 7) is 12.2. The van der Waals surface area contributed by atoms with Crippen molar-refractivity contribution in [2.45, 2.75) is 115 Å². The smallest absolute Gasteiger partial charge is 0.316 e. The molecule has 0 radical (unpaired) electrons. The van der Waals surface area contributed by atoms with E-state index in [0.29, 0.717) is 43.1 Å². The molecule has 1 spiro atoms. The number of ether oxygens (including phenoxy) is 1. The third kappa shape index (κ3) is 8.27. The highest BCUT2D eigenvalue weighted by Crippen LogP contribution is 2.44. The summed E-state index contributed by atoms with van der Waals surface area (Å²) in [5.74, 6) is -0.762. The zero-order valence-corrected chi connectivity index (χ0v) is 35.4. The fraction of sp³-hybridized carbons (Fsp3) is 0.553. The number of piperidine rings is 3. The predicted molar refractivity (Wildman–Crippen MR) is 229 cm³/mol. The van der Waals surface area contributed by atoms with Crippen LogP contribution in [0.3, 0.4) is 0 Å². The zero-order chi connectivity index (χ0) is 41.6. The number of hydrogen-bond acceptors (Lipinski definition) is 9. The molecule has 0 aliphatic carbocycles. The number of hydrogen-bond donors (Lipinski definition) is 2. The number of carbonyl (C=O) groups is 3. The number of amides is 3. The number of benzene rings is 2. The van der Waals surface area contributed by atoms with E-state index in [1.54, 1.807) is 18.7 Å². The first-order valence-electron chi connectivity index (χ1n) is 22.2. The minimum Gasteiger partial charge on any atom is -0.463 e. The Morgan fingerprint density at radius 2 is 1.70 bits per heavy atom. The Morgan fingerprint density at radius 1 is 0.950 bits per heavy atom. The van der Waals surface area contributed by atoms with Gasteiger partial charge < -0.3 is 24.4 Å². The molecule has 5 aliphatic heterocycles. The maximum Gasteiger partial charge on any atom is 0.316 e. The fourth-order valence-corrected chi connectivity index (χ4v) is 10.6. The molecule has 7 heterocycles. The normalized spacial score (nSPS) is 23.6. The number of rotatable bonds is 12. The Balaban J connectivity index is 0.704. The van der Waals surface area contributed by atoms with Gasteiger partial charge in [-0.05, 0) is 139 Å². The summed E-state index contributed by atoms with van der Waals surface area (Å²) in [5.41, 5.74) is 6.25. The van der Waals surface area contributed by atoms with E-state index in [-0.39, 0.29) is 36.2 Å². The van der Waals surface area contributed by atoms with Gasteiger partial charge in [0.2, 0.25) is 11.8 Å². The molecule has 1 unspecified atom stereocenters. The number of anilines is 1. The number of fused-ring (bicyclic) bond motifs is 4. The number of nitrogens with one attached hydrogen (secondary N) is 2. The number of nitrogens with zero attached hydrogens (tertiary/aromatic N) is 6. The van der Waals surface area contributed by atoms with Gasteiger partial charge in [0, 0.05) is 84.4 Å². The number of para-hydroxylation sites is 1. The lowest BCUT2D eigenvalue weighted by atomic mass is 9.71. The molecule has 0 saturated carbocycles. The second-order valence-corrected chi connectivity index (χ2v) is 18.7. The van der Waals surface area contributed by atoms with Crippen LogP contribution in [0, 0.1) is 5.41 Å². The van der Waals surface area contributed by atoms with Crippen LogP contribution >= 0.6 is 0 Å². The Morgan fingerprint density at radius 3 is 2.45 bits per heavy atom. The van der Waals surface area contributed by atoms with Crippen molar-refractivity contribution >= 4 is 34.3 Å². The third-order valence-electron chi connectivity index (χ3n) is 14.0. The zero-order valence-electron chi connectivity index (χ0n) is 35.4. The maximum absolute atomic E-state index is 15.1. The number of aromatic amines is 1. The van der Waals surface area contributed by atoms with Crippen LogP contribution in [0.1, 0.15) is 117 Å². The summed E-state index contributed by atoms with van der Waals surface area (Å²) < 4.78 is 21.1. The number of unbranched alkanes of at least 4 members (excludes halogenated alkanes) is 2. The Hall–Kier alpha value is -4.88. The van der Waals surface area contributed by atoms with E-state index in [1.807, 2.05) is 24.5 Å². The number of H-pyrrole nitrogens is 1. The SMILES string of the molecule is C[C@@H]1Cc2c([nH]c3ccccc23)[C@@H](c2cnc(OCCCCCN3CCC4(CC3)CCN(c3ccc5c(c3)CN(C3CCC(=O)NC3=O)C5=O)CC4)nc2)N1CC(C)(C)F. The van der Waals surface area contributed by atoms with Crippen LogP contribution in [0.2, 0.25) is 0 Å². The summed E-state index contributed by atoms with van der Waals surface area (Å²) in [6, 6.07) is 14.3. The standard InChI is InChI=1S/C47H59FN8O4/c1-31-25-37-36-9-5-6-10-38(36)51-41(37)42(56(31)30-46(2,3)48)33-27-49-45(50-28-33)60-24-8-4-7-19-53-20-15-47(16-21-53)17-22-54(23-18-47)34-11-12-35-32(26-34)29-55(44(35)59)39-13-14-40(57)52-43(39)58/h5-6,9-12,26-28,31,39,42,51H,4,7-8,13-25,29-30H2,1-3H3,(H,52,57,58)/t31-,39?,42-/m1/s1. The molecule has 3 atom stereocenters. The maximum atomic E-state index is 15.1. The van der Waals surface area contributed by atoms with Gasteiger partial charge >= 0.3 is 6.01 Å². The number of alkyl halides is 1. The molecule has 60 heavy (non-hydrogen) atoms. The summed E-state index contributed by atoms with van der Waals surface area (Å²) in [5, 5.41) is 3.61. The molecule has 9 rings (SSSR count). The Kier molecular flexibility index (Phi) is 11.2. The number of halogens is 1. The van der Waals surface area contributed by atoms with E-state index in [2.05, 4.69) is 72.2 Å². The summed E-state index contributed by atoms with van der Waals surface area (Å²) >= 11 is 0. The van der Waals surface area contributed by atoms with E-state index >= 15 is 4.39 Å². The van der Waals surface area contributed by atoms with Crippen molar-refractivity contribution in [2.24, 2.45) is 5.41 Å². The van der Waals surface area contributed by atoms with E-state index in [0.717, 1.165) is 86.4 Å². The minimum absolute atomic E-state index is 0.121. The van der Waals surface area contributed by atoms with Gasteiger partial charge in [-0.3, -0.25) is 24.6 Å². The van der Waals surface area contributed by atoms with Crippen LogP contribution in [0.4, 0.5) is 10.1 Å². The van der Waals surface area contributed by atoms with Gasteiger partial charge in [-0.2, -0.15) is 0 Å². The molecule has 12 nitrogen and oxygen atoms in total. The first-order chi connectivity index (χ1) is 28.9. The van der Waals surface area contributed by atoms with Crippen LogP contribution in [0.25, 0.3) is 10.9 Å². The van der Waals surface area contributed by atoms with E-state index in [1.165, 1.54) is 36.6 Å². The van der Waals surface area contributed by atoms with Crippen LogP contribution < -0.4 is 15.0 Å². The molecule has 2 aromatic heterocycles. The van der Waals surface area contributed by atoms with Gasteiger partial charge in [-0.1, -0.05) is 18.2 Å². The largest absolute Gasteiger partial charge is 0.463 e. The highest BCUT2D eigenvalue weighted by atomic mass is 19.1. The number of likely N-dealkylation sites (tertiary alicyclic amines) is 1. The molecule has 2 N–H and O–H groups in total. The average Bonchev–Trinajstić information content (AvgIpc) is 3.76. The van der Waals surface area contributed by atoms with Gasteiger partial charge in [0.05, 0.1) is 12.6 Å². The van der Waals surface area contributed by atoms with E-state index in [9.17, 15) is 14.4 Å². The number of aromatic nitrogens is 3. The molecular formula is C47H59FN8O4. The van der Waals surface area contributed by atoms with Crippen LogP contribution in [-0.4, -0.2) is 111 Å². The fourth-order valence-electron chi connectivity index (χ4n) is 10.6. The van der Waals surface area contributed by atoms with Crippen LogP contribution in [0.15, 0.2) is 54.9 Å². The van der Waals surface area contributed by atoms with Gasteiger partial charge in [0.25, 0.3) is 5.91 Å². The topological polar surface area (TPSA) is 127 Å². The van der Waals surface area contributed by atoms with Crippen molar-refractivity contribution in [2.75, 3.05) is 50.8 Å². The molecule has 3 fully saturated rings. The second-order valence-electron chi connectivity index (χ2n) is 18.7. The summed E-state index contributed by atoms with van der Waals surface area (Å²) in [4.78, 5) is 59.1. The van der Waals surface area contributed by atoms with Crippen LogP contribution in [0.5, 0.6) is 6.01 Å². The highest BCUT2D eigenvalue weighted by molar-refractivity contribution is 6.05. The Labute approximate surface area is 352 Å². The molecule has 4 aromatic rings. The van der Waals surface area contributed by atoms with Crippen molar-refractivity contribution in [3.05, 3.63) is 82.8 Å². The quantitative estimate of drug-likeness (QED) is 0.118. The lowest BCUT2D eigenvalue weighted by Gasteiger charge is -2.47. The number of carbonyl (C=O) groups excluding carboxylic acids is 3. The first kappa shape index (κ1) is 40.5. The highest BCUT2D eigenvalue weighted by Gasteiger charge is 2.42. The van der Waals surface area contributed by atoms with E-state index < -0.39 is 11.7 Å².